The topological polar surface area (TPSA) is 26.3 Å². The third-order valence-corrected chi connectivity index (χ3v) is 2.56. The predicted molar refractivity (Wildman–Crippen MR) is 41.1 cm³/mol. The minimum Gasteiger partial charge on any atom is -0.365 e. The van der Waals surface area contributed by atoms with Crippen LogP contribution in [0.25, 0.3) is 0 Å². The molecule has 0 aliphatic heterocycles. The molecule has 0 heterocycles. The minimum absolute atomic E-state index is 0.0793. The fourth-order valence-corrected chi connectivity index (χ4v) is 1.88. The van der Waals surface area contributed by atoms with Gasteiger partial charge < -0.3 is 4.74 Å². The molecular formula is C9H10O2. The highest BCUT2D eigenvalue weighted by molar-refractivity contribution is 6.04. The molecule has 2 nitrogen and oxygen atoms in total. The first-order valence-corrected chi connectivity index (χ1v) is 3.68. The molecule has 0 bridgehead atoms. The average molecular weight is 150 g/mol. The predicted octanol–water partition coefficient (Wildman–Crippen LogP) is 1.09. The molecule has 2 rings (SSSR count). The molecule has 0 aromatic rings. The van der Waals surface area contributed by atoms with E-state index in [1.54, 1.807) is 13.2 Å². The molecule has 0 amide bonds. The fourth-order valence-electron chi connectivity index (χ4n) is 1.88. The number of carbonyl (C=O) groups excluding carboxylic acids is 1. The van der Waals surface area contributed by atoms with E-state index in [-0.39, 0.29) is 11.7 Å². The van der Waals surface area contributed by atoms with Crippen LogP contribution < -0.4 is 0 Å². The monoisotopic (exact) mass is 150 g/mol. The van der Waals surface area contributed by atoms with E-state index >= 15 is 0 Å². The first-order valence-electron chi connectivity index (χ1n) is 3.68. The van der Waals surface area contributed by atoms with Gasteiger partial charge in [-0.05, 0) is 19.1 Å². The molecule has 2 heteroatoms. The lowest BCUT2D eigenvalue weighted by Crippen LogP contribution is -2.48. The molecule has 0 spiro atoms. The third kappa shape index (κ3) is 0.583. The molecule has 0 aromatic heterocycles. The molecule has 2 aliphatic carbocycles. The molecule has 1 unspecified atom stereocenters. The standard InChI is InChI=1S/C9H10O2/c1-6-5-9(11-2)7(6)3-4-8(9)10/h3-5,7H,1-2H3/t7?,9-/m1/s1. The van der Waals surface area contributed by atoms with E-state index in [1.165, 1.54) is 5.57 Å². The molecule has 2 atom stereocenters. The van der Waals surface area contributed by atoms with Crippen molar-refractivity contribution in [3.63, 3.8) is 0 Å². The molecule has 58 valence electrons. The number of fused-ring (bicyclic) bond motifs is 1. The van der Waals surface area contributed by atoms with Crippen molar-refractivity contribution >= 4 is 5.78 Å². The Labute approximate surface area is 65.5 Å². The van der Waals surface area contributed by atoms with Gasteiger partial charge in [0.05, 0.1) is 0 Å². The largest absolute Gasteiger partial charge is 0.365 e. The Bertz CT molecular complexity index is 275. The summed E-state index contributed by atoms with van der Waals surface area (Å²) in [4.78, 5) is 11.3. The zero-order chi connectivity index (χ0) is 8.06. The van der Waals surface area contributed by atoms with Crippen molar-refractivity contribution in [2.45, 2.75) is 12.5 Å². The number of rotatable bonds is 1. The van der Waals surface area contributed by atoms with Crippen LogP contribution in [0, 0.1) is 5.92 Å². The Balaban J connectivity index is 2.42. The van der Waals surface area contributed by atoms with Crippen LogP contribution in [0.1, 0.15) is 6.92 Å². The van der Waals surface area contributed by atoms with Gasteiger partial charge in [-0.15, -0.1) is 0 Å². The summed E-state index contributed by atoms with van der Waals surface area (Å²) in [5, 5.41) is 0. The van der Waals surface area contributed by atoms with Crippen molar-refractivity contribution in [2.24, 2.45) is 5.92 Å². The molecule has 0 aromatic carbocycles. The Morgan fingerprint density at radius 3 is 2.82 bits per heavy atom. The van der Waals surface area contributed by atoms with Crippen molar-refractivity contribution in [1.82, 2.24) is 0 Å². The third-order valence-electron chi connectivity index (χ3n) is 2.56. The number of carbonyl (C=O) groups is 1. The van der Waals surface area contributed by atoms with Crippen LogP contribution in [-0.2, 0) is 9.53 Å². The Kier molecular flexibility index (Phi) is 1.13. The van der Waals surface area contributed by atoms with Gasteiger partial charge in [-0.2, -0.15) is 0 Å². The van der Waals surface area contributed by atoms with Gasteiger partial charge in [-0.1, -0.05) is 11.6 Å². The van der Waals surface area contributed by atoms with Gasteiger partial charge in [-0.3, -0.25) is 4.79 Å². The Hall–Kier alpha value is -0.890. The van der Waals surface area contributed by atoms with Crippen molar-refractivity contribution in [1.29, 1.82) is 0 Å². The number of hydrogen-bond donors (Lipinski definition) is 0. The SMILES string of the molecule is CO[C@]12C=C(C)C1C=CC2=O. The average Bonchev–Trinajstić information content (AvgIpc) is 2.23. The van der Waals surface area contributed by atoms with E-state index in [2.05, 4.69) is 0 Å². The van der Waals surface area contributed by atoms with E-state index in [0.29, 0.717) is 0 Å². The summed E-state index contributed by atoms with van der Waals surface area (Å²) in [5.41, 5.74) is 0.623. The smallest absolute Gasteiger partial charge is 0.192 e. The van der Waals surface area contributed by atoms with E-state index in [0.717, 1.165) is 0 Å². The van der Waals surface area contributed by atoms with Gasteiger partial charge in [0.2, 0.25) is 0 Å². The Morgan fingerprint density at radius 1 is 1.64 bits per heavy atom. The van der Waals surface area contributed by atoms with Crippen LogP contribution in [0.5, 0.6) is 0 Å². The zero-order valence-electron chi connectivity index (χ0n) is 6.63. The lowest BCUT2D eigenvalue weighted by molar-refractivity contribution is -0.133. The van der Waals surface area contributed by atoms with Crippen molar-refractivity contribution in [3.05, 3.63) is 23.8 Å². The van der Waals surface area contributed by atoms with Crippen molar-refractivity contribution in [3.8, 4) is 0 Å². The minimum atomic E-state index is -0.607. The molecule has 0 N–H and O–H groups in total. The highest BCUT2D eigenvalue weighted by atomic mass is 16.5. The normalized spacial score (nSPS) is 40.0. The maximum atomic E-state index is 11.3. The maximum Gasteiger partial charge on any atom is 0.192 e. The maximum absolute atomic E-state index is 11.3. The molecule has 0 saturated heterocycles. The lowest BCUT2D eigenvalue weighted by Gasteiger charge is -2.38. The first kappa shape index (κ1) is 6.80. The number of ketones is 1. The summed E-state index contributed by atoms with van der Waals surface area (Å²) in [7, 11) is 1.58. The van der Waals surface area contributed by atoms with Crippen LogP contribution in [-0.4, -0.2) is 18.5 Å². The van der Waals surface area contributed by atoms with Gasteiger partial charge in [-0.25, -0.2) is 0 Å². The van der Waals surface area contributed by atoms with E-state index in [9.17, 15) is 4.79 Å². The molecule has 0 radical (unpaired) electrons. The zero-order valence-corrected chi connectivity index (χ0v) is 6.63. The summed E-state index contributed by atoms with van der Waals surface area (Å²) >= 11 is 0. The second-order valence-corrected chi connectivity index (χ2v) is 3.09. The summed E-state index contributed by atoms with van der Waals surface area (Å²) in [5.74, 6) is 0.288. The van der Waals surface area contributed by atoms with Gasteiger partial charge >= 0.3 is 0 Å². The van der Waals surface area contributed by atoms with E-state index in [4.69, 9.17) is 4.74 Å². The van der Waals surface area contributed by atoms with Crippen molar-refractivity contribution in [2.75, 3.05) is 7.11 Å². The van der Waals surface area contributed by atoms with E-state index in [1.807, 2.05) is 19.1 Å². The van der Waals surface area contributed by atoms with Crippen LogP contribution in [0.2, 0.25) is 0 Å². The van der Waals surface area contributed by atoms with Crippen LogP contribution in [0.3, 0.4) is 0 Å². The summed E-state index contributed by atoms with van der Waals surface area (Å²) < 4.78 is 5.19. The first-order chi connectivity index (χ1) is 5.20. The second-order valence-electron chi connectivity index (χ2n) is 3.09. The lowest BCUT2D eigenvalue weighted by atomic mass is 9.73. The number of ether oxygens (including phenoxy) is 1. The highest BCUT2D eigenvalue weighted by Gasteiger charge is 2.52. The molecule has 0 fully saturated rings. The van der Waals surface area contributed by atoms with Gasteiger partial charge in [0.25, 0.3) is 0 Å². The summed E-state index contributed by atoms with van der Waals surface area (Å²) in [6.07, 6.45) is 5.43. The van der Waals surface area contributed by atoms with Gasteiger partial charge in [0.15, 0.2) is 11.4 Å². The van der Waals surface area contributed by atoms with Crippen LogP contribution >= 0.6 is 0 Å². The van der Waals surface area contributed by atoms with E-state index < -0.39 is 5.60 Å². The fraction of sp³-hybridized carbons (Fsp3) is 0.444. The Morgan fingerprint density at radius 2 is 2.36 bits per heavy atom. The quantitative estimate of drug-likeness (QED) is 0.523. The van der Waals surface area contributed by atoms with Gasteiger partial charge in [0.1, 0.15) is 0 Å². The second kappa shape index (κ2) is 1.83. The molecule has 2 aliphatic rings. The molecule has 0 saturated carbocycles. The molecule has 11 heavy (non-hydrogen) atoms. The van der Waals surface area contributed by atoms with Gasteiger partial charge in [0, 0.05) is 13.0 Å². The summed E-state index contributed by atoms with van der Waals surface area (Å²) in [6.45, 7) is 2.02. The molecular weight excluding hydrogens is 140 g/mol. The van der Waals surface area contributed by atoms with Crippen LogP contribution in [0.4, 0.5) is 0 Å². The number of methoxy groups -OCH3 is 1. The summed E-state index contributed by atoms with van der Waals surface area (Å²) in [6, 6.07) is 0. The number of hydrogen-bond acceptors (Lipinski definition) is 2. The van der Waals surface area contributed by atoms with Crippen LogP contribution in [0.15, 0.2) is 23.8 Å². The van der Waals surface area contributed by atoms with Crippen molar-refractivity contribution < 1.29 is 9.53 Å². The highest BCUT2D eigenvalue weighted by Crippen LogP contribution is 2.45.